The van der Waals surface area contributed by atoms with Gasteiger partial charge in [0.1, 0.15) is 0 Å². The van der Waals surface area contributed by atoms with E-state index in [0.29, 0.717) is 22.9 Å². The van der Waals surface area contributed by atoms with E-state index in [0.717, 1.165) is 11.3 Å². The van der Waals surface area contributed by atoms with E-state index < -0.39 is 0 Å². The Balaban J connectivity index is 1.64. The predicted molar refractivity (Wildman–Crippen MR) is 105 cm³/mol. The Morgan fingerprint density at radius 3 is 2.15 bits per heavy atom. The monoisotopic (exact) mass is 361 g/mol. The molecular weight excluding hydrogens is 342 g/mol. The van der Waals surface area contributed by atoms with Gasteiger partial charge in [-0.25, -0.2) is 0 Å². The van der Waals surface area contributed by atoms with Gasteiger partial charge in [-0.05, 0) is 49.4 Å². The fourth-order valence-corrected chi connectivity index (χ4v) is 2.38. The molecule has 0 radical (unpaired) electrons. The van der Waals surface area contributed by atoms with E-state index in [2.05, 4.69) is 26.1 Å². The fraction of sp³-hybridized carbons (Fsp3) is 0.100. The molecule has 1 heterocycles. The van der Waals surface area contributed by atoms with Gasteiger partial charge in [-0.3, -0.25) is 9.59 Å². The second kappa shape index (κ2) is 8.09. The van der Waals surface area contributed by atoms with Crippen molar-refractivity contribution >= 4 is 34.8 Å². The van der Waals surface area contributed by atoms with E-state index in [-0.39, 0.29) is 11.8 Å². The summed E-state index contributed by atoms with van der Waals surface area (Å²) in [6.07, 6.45) is 0. The van der Waals surface area contributed by atoms with Crippen LogP contribution in [0, 0.1) is 6.92 Å². The number of nitrogens with zero attached hydrogens (tertiary/aromatic N) is 2. The highest BCUT2D eigenvalue weighted by Crippen LogP contribution is 2.19. The molecule has 0 fully saturated rings. The van der Waals surface area contributed by atoms with E-state index in [9.17, 15) is 9.59 Å². The molecule has 2 amide bonds. The van der Waals surface area contributed by atoms with Crippen LogP contribution < -0.4 is 16.0 Å². The van der Waals surface area contributed by atoms with Gasteiger partial charge in [0.15, 0.2) is 11.6 Å². The number of amides is 2. The molecule has 1 aromatic heterocycles. The third-order valence-corrected chi connectivity index (χ3v) is 3.68. The molecule has 7 heteroatoms. The van der Waals surface area contributed by atoms with Crippen molar-refractivity contribution in [2.45, 2.75) is 13.8 Å². The normalized spacial score (nSPS) is 10.1. The van der Waals surface area contributed by atoms with Gasteiger partial charge in [-0.2, -0.15) is 0 Å². The summed E-state index contributed by atoms with van der Waals surface area (Å²) in [7, 11) is 0. The largest absolute Gasteiger partial charge is 0.339 e. The molecule has 0 spiro atoms. The Bertz CT molecular complexity index is 953. The van der Waals surface area contributed by atoms with Crippen LogP contribution in [-0.2, 0) is 4.79 Å². The first kappa shape index (κ1) is 18.1. The van der Waals surface area contributed by atoms with Crippen molar-refractivity contribution in [1.29, 1.82) is 0 Å². The zero-order chi connectivity index (χ0) is 19.2. The Kier molecular flexibility index (Phi) is 5.41. The Labute approximate surface area is 156 Å². The number of carbonyl (C=O) groups excluding carboxylic acids is 2. The number of aromatic nitrogens is 2. The number of rotatable bonds is 5. The molecule has 136 valence electrons. The number of benzene rings is 2. The molecule has 0 aliphatic heterocycles. The lowest BCUT2D eigenvalue weighted by atomic mass is 10.1. The summed E-state index contributed by atoms with van der Waals surface area (Å²) in [5, 5.41) is 16.6. The maximum atomic E-state index is 12.2. The van der Waals surface area contributed by atoms with Crippen LogP contribution in [0.1, 0.15) is 22.8 Å². The minimum Gasteiger partial charge on any atom is -0.339 e. The molecule has 3 rings (SSSR count). The SMILES string of the molecule is CC(=O)Nc1cccc(Nc2ccc(NC(=O)c3ccc(C)cc3)nn2)c1. The Morgan fingerprint density at radius 1 is 0.815 bits per heavy atom. The number of carbonyl (C=O) groups is 2. The van der Waals surface area contributed by atoms with Crippen LogP contribution in [-0.4, -0.2) is 22.0 Å². The van der Waals surface area contributed by atoms with Crippen molar-refractivity contribution < 1.29 is 9.59 Å². The second-order valence-electron chi connectivity index (χ2n) is 6.01. The molecule has 0 aliphatic rings. The molecule has 0 unspecified atom stereocenters. The first-order chi connectivity index (χ1) is 13.0. The number of nitrogens with one attached hydrogen (secondary N) is 3. The average Bonchev–Trinajstić information content (AvgIpc) is 2.63. The van der Waals surface area contributed by atoms with Crippen molar-refractivity contribution in [2.75, 3.05) is 16.0 Å². The Morgan fingerprint density at radius 2 is 1.48 bits per heavy atom. The number of hydrogen-bond acceptors (Lipinski definition) is 5. The molecule has 3 aromatic rings. The quantitative estimate of drug-likeness (QED) is 0.643. The number of hydrogen-bond donors (Lipinski definition) is 3. The van der Waals surface area contributed by atoms with E-state index in [4.69, 9.17) is 0 Å². The molecule has 0 saturated heterocycles. The zero-order valence-corrected chi connectivity index (χ0v) is 15.0. The highest BCUT2D eigenvalue weighted by atomic mass is 16.2. The minimum absolute atomic E-state index is 0.138. The number of anilines is 4. The smallest absolute Gasteiger partial charge is 0.256 e. The van der Waals surface area contributed by atoms with Gasteiger partial charge in [0, 0.05) is 23.9 Å². The average molecular weight is 361 g/mol. The summed E-state index contributed by atoms with van der Waals surface area (Å²) in [4.78, 5) is 23.3. The molecule has 3 N–H and O–H groups in total. The fourth-order valence-electron chi connectivity index (χ4n) is 2.38. The van der Waals surface area contributed by atoms with Crippen molar-refractivity contribution in [3.05, 3.63) is 71.8 Å². The van der Waals surface area contributed by atoms with Crippen LogP contribution in [0.3, 0.4) is 0 Å². The first-order valence-electron chi connectivity index (χ1n) is 8.36. The molecule has 0 atom stereocenters. The molecule has 2 aromatic carbocycles. The summed E-state index contributed by atoms with van der Waals surface area (Å²) < 4.78 is 0. The summed E-state index contributed by atoms with van der Waals surface area (Å²) in [5.41, 5.74) is 3.08. The lowest BCUT2D eigenvalue weighted by molar-refractivity contribution is -0.114. The molecule has 7 nitrogen and oxygen atoms in total. The van der Waals surface area contributed by atoms with Crippen LogP contribution in [0.5, 0.6) is 0 Å². The highest BCUT2D eigenvalue weighted by Gasteiger charge is 2.07. The van der Waals surface area contributed by atoms with Crippen molar-refractivity contribution in [3.63, 3.8) is 0 Å². The third-order valence-electron chi connectivity index (χ3n) is 3.68. The lowest BCUT2D eigenvalue weighted by Crippen LogP contribution is -2.13. The van der Waals surface area contributed by atoms with Gasteiger partial charge in [-0.15, -0.1) is 10.2 Å². The topological polar surface area (TPSA) is 96.0 Å². The van der Waals surface area contributed by atoms with Gasteiger partial charge in [0.2, 0.25) is 5.91 Å². The zero-order valence-electron chi connectivity index (χ0n) is 15.0. The van der Waals surface area contributed by atoms with Gasteiger partial charge >= 0.3 is 0 Å². The third kappa shape index (κ3) is 5.12. The second-order valence-corrected chi connectivity index (χ2v) is 6.01. The minimum atomic E-state index is -0.243. The maximum absolute atomic E-state index is 12.2. The number of aryl methyl sites for hydroxylation is 1. The molecule has 0 aliphatic carbocycles. The standard InChI is InChI=1S/C20H19N5O2/c1-13-6-8-15(9-7-13)20(27)23-19-11-10-18(24-25-19)22-17-5-3-4-16(12-17)21-14(2)26/h3-12H,1-2H3,(H,21,26)(H,22,24)(H,23,25,27). The highest BCUT2D eigenvalue weighted by molar-refractivity contribution is 6.03. The molecule has 27 heavy (non-hydrogen) atoms. The predicted octanol–water partition coefficient (Wildman–Crippen LogP) is 3.74. The van der Waals surface area contributed by atoms with Crippen molar-refractivity contribution in [1.82, 2.24) is 10.2 Å². The first-order valence-corrected chi connectivity index (χ1v) is 8.36. The Hall–Kier alpha value is -3.74. The van der Waals surface area contributed by atoms with Crippen molar-refractivity contribution in [3.8, 4) is 0 Å². The van der Waals surface area contributed by atoms with Crippen LogP contribution in [0.4, 0.5) is 23.0 Å². The summed E-state index contributed by atoms with van der Waals surface area (Å²) in [5.74, 6) is 0.495. The molecule has 0 bridgehead atoms. The van der Waals surface area contributed by atoms with E-state index in [1.165, 1.54) is 6.92 Å². The van der Waals surface area contributed by atoms with E-state index in [1.54, 1.807) is 36.4 Å². The van der Waals surface area contributed by atoms with Gasteiger partial charge in [-0.1, -0.05) is 23.8 Å². The van der Waals surface area contributed by atoms with Crippen LogP contribution in [0.15, 0.2) is 60.7 Å². The van der Waals surface area contributed by atoms with Crippen LogP contribution in [0.2, 0.25) is 0 Å². The van der Waals surface area contributed by atoms with Gasteiger partial charge in [0.25, 0.3) is 5.91 Å². The summed E-state index contributed by atoms with van der Waals surface area (Å²) >= 11 is 0. The van der Waals surface area contributed by atoms with Crippen molar-refractivity contribution in [2.24, 2.45) is 0 Å². The van der Waals surface area contributed by atoms with Crippen LogP contribution >= 0.6 is 0 Å². The van der Waals surface area contributed by atoms with Gasteiger partial charge in [0.05, 0.1) is 0 Å². The molecule has 0 saturated carbocycles. The van der Waals surface area contributed by atoms with Crippen LogP contribution in [0.25, 0.3) is 0 Å². The van der Waals surface area contributed by atoms with E-state index >= 15 is 0 Å². The lowest BCUT2D eigenvalue weighted by Gasteiger charge is -2.09. The maximum Gasteiger partial charge on any atom is 0.256 e. The summed E-state index contributed by atoms with van der Waals surface area (Å²) in [6.45, 7) is 3.42. The summed E-state index contributed by atoms with van der Waals surface area (Å²) in [6, 6.07) is 17.9. The molecular formula is C20H19N5O2. The van der Waals surface area contributed by atoms with Gasteiger partial charge < -0.3 is 16.0 Å². The van der Waals surface area contributed by atoms with E-state index in [1.807, 2.05) is 31.2 Å².